The maximum absolute atomic E-state index is 14.3. The van der Waals surface area contributed by atoms with E-state index in [4.69, 9.17) is 0 Å². The lowest BCUT2D eigenvalue weighted by molar-refractivity contribution is 0.476. The van der Waals surface area contributed by atoms with Gasteiger partial charge in [-0.3, -0.25) is 0 Å². The number of phenols is 1. The molecule has 1 nitrogen and oxygen atoms in total. The second kappa shape index (κ2) is 5.02. The van der Waals surface area contributed by atoms with Crippen LogP contribution in [0.15, 0.2) is 39.3 Å². The topological polar surface area (TPSA) is 20.2 Å². The van der Waals surface area contributed by atoms with Crippen LogP contribution in [0.3, 0.4) is 0 Å². The van der Waals surface area contributed by atoms with Crippen molar-refractivity contribution in [1.82, 2.24) is 0 Å². The number of fused-ring (bicyclic) bond motifs is 5. The van der Waals surface area contributed by atoms with Crippen molar-refractivity contribution in [1.29, 1.82) is 0 Å². The van der Waals surface area contributed by atoms with E-state index in [0.717, 1.165) is 37.3 Å². The van der Waals surface area contributed by atoms with Crippen molar-refractivity contribution in [3.8, 4) is 16.9 Å². The first-order valence-corrected chi connectivity index (χ1v) is 8.95. The van der Waals surface area contributed by atoms with Gasteiger partial charge in [0.2, 0.25) is 0 Å². The zero-order valence-corrected chi connectivity index (χ0v) is 16.0. The Kier molecular flexibility index (Phi) is 3.35. The summed E-state index contributed by atoms with van der Waals surface area (Å²) in [7, 11) is 0. The lowest BCUT2D eigenvalue weighted by atomic mass is 9.82. The van der Waals surface area contributed by atoms with Gasteiger partial charge in [0.05, 0.1) is 5.39 Å². The van der Waals surface area contributed by atoms with Gasteiger partial charge in [-0.2, -0.15) is 0 Å². The average molecular weight is 454 g/mol. The molecule has 0 bridgehead atoms. The molecule has 24 heavy (non-hydrogen) atoms. The molecule has 0 heterocycles. The van der Waals surface area contributed by atoms with Gasteiger partial charge < -0.3 is 5.11 Å². The summed E-state index contributed by atoms with van der Waals surface area (Å²) in [5, 5.41) is 10.8. The van der Waals surface area contributed by atoms with Crippen LogP contribution in [0.4, 0.5) is 8.78 Å². The van der Waals surface area contributed by atoms with E-state index in [1.807, 2.05) is 26.0 Å². The van der Waals surface area contributed by atoms with Crippen LogP contribution in [0.5, 0.6) is 5.75 Å². The predicted octanol–water partition coefficient (Wildman–Crippen LogP) is 6.65. The molecule has 1 aliphatic carbocycles. The molecule has 0 aromatic heterocycles. The van der Waals surface area contributed by atoms with Crippen molar-refractivity contribution < 1.29 is 13.9 Å². The molecule has 3 aromatic carbocycles. The Bertz CT molecular complexity index is 1040. The van der Waals surface area contributed by atoms with Crippen molar-refractivity contribution >= 4 is 42.6 Å². The van der Waals surface area contributed by atoms with Crippen LogP contribution in [-0.4, -0.2) is 5.11 Å². The van der Waals surface area contributed by atoms with Crippen LogP contribution in [0.2, 0.25) is 0 Å². The number of aromatic hydroxyl groups is 1. The fourth-order valence-electron chi connectivity index (χ4n) is 3.78. The smallest absolute Gasteiger partial charge is 0.137 e. The highest BCUT2D eigenvalue weighted by molar-refractivity contribution is 9.11. The summed E-state index contributed by atoms with van der Waals surface area (Å²) in [4.78, 5) is 0. The number of rotatable bonds is 0. The molecule has 4 rings (SSSR count). The van der Waals surface area contributed by atoms with Gasteiger partial charge in [-0.1, -0.05) is 45.7 Å². The number of hydrogen-bond donors (Lipinski definition) is 1. The summed E-state index contributed by atoms with van der Waals surface area (Å²) < 4.78 is 30.0. The fraction of sp³-hybridized carbons (Fsp3) is 0.158. The van der Waals surface area contributed by atoms with Gasteiger partial charge in [0.1, 0.15) is 17.4 Å². The highest BCUT2D eigenvalue weighted by atomic mass is 79.9. The third-order valence-corrected chi connectivity index (χ3v) is 5.84. The van der Waals surface area contributed by atoms with Crippen molar-refractivity contribution in [3.63, 3.8) is 0 Å². The molecule has 0 saturated carbocycles. The molecule has 0 spiro atoms. The van der Waals surface area contributed by atoms with Gasteiger partial charge >= 0.3 is 0 Å². The van der Waals surface area contributed by atoms with Gasteiger partial charge in [0, 0.05) is 20.4 Å². The van der Waals surface area contributed by atoms with Gasteiger partial charge in [-0.25, -0.2) is 8.78 Å². The van der Waals surface area contributed by atoms with Gasteiger partial charge in [-0.15, -0.1) is 0 Å². The molecule has 0 atom stereocenters. The predicted molar refractivity (Wildman–Crippen MR) is 98.5 cm³/mol. The Morgan fingerprint density at radius 2 is 1.71 bits per heavy atom. The minimum atomic E-state index is -0.759. The Balaban J connectivity index is 2.28. The number of phenolic OH excluding ortho intramolecular Hbond substituents is 1. The third-order valence-electron chi connectivity index (χ3n) is 4.75. The minimum absolute atomic E-state index is 0.0508. The Morgan fingerprint density at radius 3 is 2.42 bits per heavy atom. The van der Waals surface area contributed by atoms with Crippen LogP contribution in [0, 0.1) is 11.6 Å². The largest absolute Gasteiger partial charge is 0.507 e. The molecule has 0 amide bonds. The number of benzene rings is 3. The van der Waals surface area contributed by atoms with Crippen LogP contribution in [0.1, 0.15) is 25.0 Å². The summed E-state index contributed by atoms with van der Waals surface area (Å²) in [5.41, 5.74) is 3.16. The summed E-state index contributed by atoms with van der Waals surface area (Å²) in [6.45, 7) is 4.08. The second-order valence-corrected chi connectivity index (χ2v) is 8.33. The van der Waals surface area contributed by atoms with Crippen molar-refractivity contribution in [2.45, 2.75) is 19.3 Å². The monoisotopic (exact) mass is 452 g/mol. The van der Waals surface area contributed by atoms with E-state index in [1.165, 1.54) is 6.07 Å². The summed E-state index contributed by atoms with van der Waals surface area (Å²) in [5.74, 6) is -1.59. The fourth-order valence-corrected chi connectivity index (χ4v) is 5.50. The van der Waals surface area contributed by atoms with E-state index in [0.29, 0.717) is 5.39 Å². The summed E-state index contributed by atoms with van der Waals surface area (Å²) in [6, 6.07) is 7.59. The lowest BCUT2D eigenvalue weighted by Crippen LogP contribution is -2.15. The van der Waals surface area contributed by atoms with E-state index in [9.17, 15) is 13.9 Å². The third kappa shape index (κ3) is 2.01. The molecule has 0 aliphatic heterocycles. The average Bonchev–Trinajstić information content (AvgIpc) is 2.66. The highest BCUT2D eigenvalue weighted by Crippen LogP contribution is 2.55. The standard InChI is InChI=1S/C19H12Br2F2O/c1-19(2)12-7-15(24)17-10(5-9(22)6-14(17)23)16(12)11-3-8(20)4-13(21)18(11)19/h3-7,24H,1-2H3. The van der Waals surface area contributed by atoms with E-state index >= 15 is 0 Å². The molecule has 1 aliphatic rings. The van der Waals surface area contributed by atoms with Gasteiger partial charge in [0.25, 0.3) is 0 Å². The molecule has 0 fully saturated rings. The maximum Gasteiger partial charge on any atom is 0.137 e. The first-order chi connectivity index (χ1) is 11.2. The van der Waals surface area contributed by atoms with Crippen LogP contribution < -0.4 is 0 Å². The molecule has 0 unspecified atom stereocenters. The molecule has 5 heteroatoms. The zero-order chi connectivity index (χ0) is 17.4. The van der Waals surface area contributed by atoms with Crippen LogP contribution >= 0.6 is 31.9 Å². The Hall–Kier alpha value is -1.46. The Morgan fingerprint density at radius 1 is 1.00 bits per heavy atom. The molecule has 0 radical (unpaired) electrons. The second-order valence-electron chi connectivity index (χ2n) is 6.56. The van der Waals surface area contributed by atoms with E-state index in [-0.39, 0.29) is 11.1 Å². The SMILES string of the molecule is CC1(C)c2cc(O)c3c(F)cc(F)cc3c2-c2cc(Br)cc(Br)c21. The van der Waals surface area contributed by atoms with E-state index in [1.54, 1.807) is 6.07 Å². The van der Waals surface area contributed by atoms with Crippen molar-refractivity contribution in [2.24, 2.45) is 0 Å². The molecule has 0 saturated heterocycles. The van der Waals surface area contributed by atoms with Gasteiger partial charge in [-0.05, 0) is 51.9 Å². The van der Waals surface area contributed by atoms with Crippen LogP contribution in [-0.2, 0) is 5.41 Å². The zero-order valence-electron chi connectivity index (χ0n) is 12.8. The first kappa shape index (κ1) is 16.0. The van der Waals surface area contributed by atoms with Crippen molar-refractivity contribution in [3.05, 3.63) is 62.0 Å². The normalized spacial score (nSPS) is 14.8. The lowest BCUT2D eigenvalue weighted by Gasteiger charge is -2.23. The minimum Gasteiger partial charge on any atom is -0.507 e. The summed E-state index contributed by atoms with van der Waals surface area (Å²) >= 11 is 7.09. The highest BCUT2D eigenvalue weighted by Gasteiger charge is 2.39. The first-order valence-electron chi connectivity index (χ1n) is 7.37. The molecular weight excluding hydrogens is 442 g/mol. The van der Waals surface area contributed by atoms with E-state index in [2.05, 4.69) is 31.9 Å². The molecular formula is C19H12Br2F2O. The molecule has 122 valence electrons. The Labute approximate surface area is 154 Å². The maximum atomic E-state index is 14.3. The van der Waals surface area contributed by atoms with Gasteiger partial charge in [0.15, 0.2) is 0 Å². The number of hydrogen-bond acceptors (Lipinski definition) is 1. The molecule has 1 N–H and O–H groups in total. The molecule has 3 aromatic rings. The van der Waals surface area contributed by atoms with Crippen molar-refractivity contribution in [2.75, 3.05) is 0 Å². The van der Waals surface area contributed by atoms with Crippen LogP contribution in [0.25, 0.3) is 21.9 Å². The number of halogens is 4. The van der Waals surface area contributed by atoms with E-state index < -0.39 is 17.0 Å². The summed E-state index contributed by atoms with van der Waals surface area (Å²) in [6.07, 6.45) is 0. The quantitative estimate of drug-likeness (QED) is 0.403.